The third kappa shape index (κ3) is 2.01. The van der Waals surface area contributed by atoms with E-state index in [2.05, 4.69) is 4.99 Å². The van der Waals surface area contributed by atoms with E-state index in [4.69, 9.17) is 0 Å². The van der Waals surface area contributed by atoms with Gasteiger partial charge in [-0.15, -0.1) is 0 Å². The lowest BCUT2D eigenvalue weighted by atomic mass is 10.4. The number of carbonyl (C=O) groups excluding carboxylic acids is 1. The van der Waals surface area contributed by atoms with Crippen LogP contribution in [-0.4, -0.2) is 30.0 Å². The van der Waals surface area contributed by atoms with Crippen molar-refractivity contribution in [2.24, 2.45) is 4.99 Å². The van der Waals surface area contributed by atoms with E-state index in [0.717, 1.165) is 6.54 Å². The average Bonchev–Trinajstić information content (AvgIpc) is 1.88. The van der Waals surface area contributed by atoms with Crippen LogP contribution in [0, 0.1) is 0 Å². The quantitative estimate of drug-likeness (QED) is 0.554. The summed E-state index contributed by atoms with van der Waals surface area (Å²) < 4.78 is 0. The Bertz CT molecular complexity index is 184. The molecular weight excluding hydrogens is 128 g/mol. The number of nitrogens with zero attached hydrogens (tertiary/aromatic N) is 2. The maximum atomic E-state index is 10.6. The maximum Gasteiger partial charge on any atom is 0.149 e. The van der Waals surface area contributed by atoms with Crippen molar-refractivity contribution in [3.8, 4) is 0 Å². The minimum Gasteiger partial charge on any atom is -0.364 e. The molecule has 1 aliphatic rings. The molecule has 0 spiro atoms. The number of rotatable bonds is 2. The monoisotopic (exact) mass is 138 g/mol. The van der Waals surface area contributed by atoms with Crippen LogP contribution in [-0.2, 0) is 4.79 Å². The normalized spacial score (nSPS) is 15.9. The van der Waals surface area contributed by atoms with E-state index < -0.39 is 0 Å². The smallest absolute Gasteiger partial charge is 0.149 e. The van der Waals surface area contributed by atoms with Gasteiger partial charge in [-0.2, -0.15) is 0 Å². The zero-order valence-electron chi connectivity index (χ0n) is 5.95. The Hall–Kier alpha value is -1.12. The second kappa shape index (κ2) is 3.15. The molecule has 1 aliphatic heterocycles. The molecule has 1 heterocycles. The topological polar surface area (TPSA) is 32.7 Å². The minimum atomic E-state index is 0.181. The highest BCUT2D eigenvalue weighted by atomic mass is 16.1. The summed E-state index contributed by atoms with van der Waals surface area (Å²) in [6.07, 6.45) is 5.29. The van der Waals surface area contributed by atoms with Gasteiger partial charge in [0.25, 0.3) is 0 Å². The molecule has 0 amide bonds. The molecule has 0 aliphatic carbocycles. The molecule has 0 fully saturated rings. The van der Waals surface area contributed by atoms with Gasteiger partial charge in [-0.25, -0.2) is 0 Å². The van der Waals surface area contributed by atoms with Crippen LogP contribution in [0.25, 0.3) is 0 Å². The first-order chi connectivity index (χ1) is 4.79. The molecule has 0 aromatic heterocycles. The van der Waals surface area contributed by atoms with Crippen molar-refractivity contribution in [1.82, 2.24) is 4.90 Å². The fraction of sp³-hybridized carbons (Fsp3) is 0.429. The predicted molar refractivity (Wildman–Crippen MR) is 39.9 cm³/mol. The van der Waals surface area contributed by atoms with E-state index in [-0.39, 0.29) is 5.78 Å². The number of hydrogen-bond acceptors (Lipinski definition) is 3. The second-order valence-electron chi connectivity index (χ2n) is 2.26. The molecule has 0 aromatic carbocycles. The van der Waals surface area contributed by atoms with Crippen molar-refractivity contribution in [1.29, 1.82) is 0 Å². The lowest BCUT2D eigenvalue weighted by Gasteiger charge is -2.17. The summed E-state index contributed by atoms with van der Waals surface area (Å²) in [4.78, 5) is 16.4. The lowest BCUT2D eigenvalue weighted by Crippen LogP contribution is -2.26. The van der Waals surface area contributed by atoms with Crippen molar-refractivity contribution in [3.05, 3.63) is 12.4 Å². The molecule has 0 aromatic rings. The van der Waals surface area contributed by atoms with Gasteiger partial charge in [-0.3, -0.25) is 9.79 Å². The zero-order valence-corrected chi connectivity index (χ0v) is 5.95. The highest BCUT2D eigenvalue weighted by molar-refractivity contribution is 5.78. The summed E-state index contributed by atoms with van der Waals surface area (Å²) in [6.45, 7) is 2.82. The SMILES string of the molecule is CC(=O)CN1C=CN=CC1. The van der Waals surface area contributed by atoms with Gasteiger partial charge in [0.1, 0.15) is 5.78 Å². The van der Waals surface area contributed by atoms with Crippen LogP contribution in [0.3, 0.4) is 0 Å². The molecule has 0 atom stereocenters. The largest absolute Gasteiger partial charge is 0.364 e. The maximum absolute atomic E-state index is 10.6. The first-order valence-electron chi connectivity index (χ1n) is 3.21. The Morgan fingerprint density at radius 3 is 3.10 bits per heavy atom. The first-order valence-corrected chi connectivity index (χ1v) is 3.21. The number of aliphatic imine (C=N–C) groups is 1. The van der Waals surface area contributed by atoms with E-state index in [1.54, 1.807) is 19.3 Å². The average molecular weight is 138 g/mol. The van der Waals surface area contributed by atoms with E-state index in [9.17, 15) is 4.79 Å². The summed E-state index contributed by atoms with van der Waals surface area (Å²) in [6, 6.07) is 0. The van der Waals surface area contributed by atoms with E-state index >= 15 is 0 Å². The van der Waals surface area contributed by atoms with Crippen molar-refractivity contribution < 1.29 is 4.79 Å². The lowest BCUT2D eigenvalue weighted by molar-refractivity contribution is -0.117. The zero-order chi connectivity index (χ0) is 7.40. The highest BCUT2D eigenvalue weighted by Gasteiger charge is 2.01. The predicted octanol–water partition coefficient (Wildman–Crippen LogP) is 0.433. The molecule has 0 saturated heterocycles. The molecular formula is C7H10N2O. The van der Waals surface area contributed by atoms with Gasteiger partial charge < -0.3 is 4.90 Å². The molecule has 0 unspecified atom stereocenters. The molecule has 10 heavy (non-hydrogen) atoms. The fourth-order valence-corrected chi connectivity index (χ4v) is 0.810. The molecule has 1 rings (SSSR count). The summed E-state index contributed by atoms with van der Waals surface area (Å²) in [5, 5.41) is 0. The standard InChI is InChI=1S/C7H10N2O/c1-7(10)6-9-4-2-8-3-5-9/h2-4H,5-6H2,1H3. The first kappa shape index (κ1) is 6.99. The van der Waals surface area contributed by atoms with Gasteiger partial charge in [0.05, 0.1) is 13.1 Å². The molecule has 0 bridgehead atoms. The Balaban J connectivity index is 2.37. The summed E-state index contributed by atoms with van der Waals surface area (Å²) in [7, 11) is 0. The van der Waals surface area contributed by atoms with Gasteiger partial charge >= 0.3 is 0 Å². The summed E-state index contributed by atoms with van der Waals surface area (Å²) >= 11 is 0. The third-order valence-electron chi connectivity index (χ3n) is 1.21. The van der Waals surface area contributed by atoms with Crippen molar-refractivity contribution in [2.45, 2.75) is 6.92 Å². The molecule has 3 heteroatoms. The van der Waals surface area contributed by atoms with E-state index in [1.165, 1.54) is 0 Å². The Kier molecular flexibility index (Phi) is 2.20. The Morgan fingerprint density at radius 2 is 2.60 bits per heavy atom. The number of Topliss-reactive ketones (excluding diaryl/α,β-unsaturated/α-hetero) is 1. The van der Waals surface area contributed by atoms with Gasteiger partial charge in [0.2, 0.25) is 0 Å². The third-order valence-corrected chi connectivity index (χ3v) is 1.21. The Labute approximate surface area is 60.1 Å². The second-order valence-corrected chi connectivity index (χ2v) is 2.26. The minimum absolute atomic E-state index is 0.181. The van der Waals surface area contributed by atoms with Crippen LogP contribution in [0.5, 0.6) is 0 Å². The highest BCUT2D eigenvalue weighted by Crippen LogP contribution is 1.93. The van der Waals surface area contributed by atoms with Gasteiger partial charge in [-0.1, -0.05) is 0 Å². The number of ketones is 1. The number of hydrogen-bond donors (Lipinski definition) is 0. The van der Waals surface area contributed by atoms with E-state index in [1.807, 2.05) is 11.1 Å². The van der Waals surface area contributed by atoms with Crippen LogP contribution < -0.4 is 0 Å². The molecule has 0 radical (unpaired) electrons. The Morgan fingerprint density at radius 1 is 1.80 bits per heavy atom. The van der Waals surface area contributed by atoms with Crippen LogP contribution in [0.1, 0.15) is 6.92 Å². The van der Waals surface area contributed by atoms with Crippen LogP contribution >= 0.6 is 0 Å². The van der Waals surface area contributed by atoms with Gasteiger partial charge in [0.15, 0.2) is 0 Å². The van der Waals surface area contributed by atoms with Gasteiger partial charge in [-0.05, 0) is 6.92 Å². The van der Waals surface area contributed by atoms with Crippen molar-refractivity contribution in [3.63, 3.8) is 0 Å². The summed E-state index contributed by atoms with van der Waals surface area (Å²) in [5.74, 6) is 0.181. The van der Waals surface area contributed by atoms with Crippen molar-refractivity contribution in [2.75, 3.05) is 13.1 Å². The van der Waals surface area contributed by atoms with Crippen LogP contribution in [0.15, 0.2) is 17.4 Å². The number of carbonyl (C=O) groups is 1. The molecule has 0 N–H and O–H groups in total. The van der Waals surface area contributed by atoms with Gasteiger partial charge in [0, 0.05) is 18.6 Å². The molecule has 3 nitrogen and oxygen atoms in total. The van der Waals surface area contributed by atoms with Crippen molar-refractivity contribution >= 4 is 12.0 Å². The molecule has 0 saturated carbocycles. The molecule has 54 valence electrons. The van der Waals surface area contributed by atoms with E-state index in [0.29, 0.717) is 6.54 Å². The van der Waals surface area contributed by atoms with Crippen LogP contribution in [0.2, 0.25) is 0 Å². The fourth-order valence-electron chi connectivity index (χ4n) is 0.810. The van der Waals surface area contributed by atoms with Crippen LogP contribution in [0.4, 0.5) is 0 Å². The summed E-state index contributed by atoms with van der Waals surface area (Å²) in [5.41, 5.74) is 0.